The molecule has 1 aromatic carbocycles. The van der Waals surface area contributed by atoms with Crippen LogP contribution in [-0.4, -0.2) is 71.7 Å². The zero-order chi connectivity index (χ0) is 24.0. The summed E-state index contributed by atoms with van der Waals surface area (Å²) in [7, 11) is 4.58. The molecule has 0 saturated carbocycles. The molecule has 0 atom stereocenters. The number of dihydropyridines is 1. The van der Waals surface area contributed by atoms with E-state index in [-0.39, 0.29) is 30.8 Å². The summed E-state index contributed by atoms with van der Waals surface area (Å²) in [5, 5.41) is 29.3. The second-order valence-corrected chi connectivity index (χ2v) is 6.89. The maximum Gasteiger partial charge on any atom is 0.333 e. The first-order chi connectivity index (χ1) is 15.9. The minimum Gasteiger partial charge on any atom is -0.493 e. The first-order valence-corrected chi connectivity index (χ1v) is 9.80. The maximum atomic E-state index is 11.4. The van der Waals surface area contributed by atoms with Gasteiger partial charge in [0.15, 0.2) is 11.5 Å². The number of benzene rings is 1. The number of carboxylic acids is 2. The molecule has 0 spiro atoms. The molecule has 0 unspecified atom stereocenters. The summed E-state index contributed by atoms with van der Waals surface area (Å²) >= 11 is 0. The molecule has 0 fully saturated rings. The molecular formula is C21H24N4O8. The Hall–Kier alpha value is -4.06. The number of methoxy groups -OCH3 is 3. The van der Waals surface area contributed by atoms with E-state index < -0.39 is 11.9 Å². The van der Waals surface area contributed by atoms with Crippen LogP contribution in [0, 0.1) is 0 Å². The first kappa shape index (κ1) is 23.6. The Bertz CT molecular complexity index is 1080. The largest absolute Gasteiger partial charge is 0.493 e. The van der Waals surface area contributed by atoms with Gasteiger partial charge in [0, 0.05) is 18.2 Å². The highest BCUT2D eigenvalue weighted by atomic mass is 16.5. The van der Waals surface area contributed by atoms with Crippen LogP contribution in [0.25, 0.3) is 11.3 Å². The van der Waals surface area contributed by atoms with Crippen LogP contribution in [0.3, 0.4) is 0 Å². The average Bonchev–Trinajstić information content (AvgIpc) is 3.29. The molecule has 1 aromatic heterocycles. The quantitative estimate of drug-likeness (QED) is 0.416. The molecule has 0 aliphatic carbocycles. The lowest BCUT2D eigenvalue weighted by Crippen LogP contribution is -2.25. The Morgan fingerprint density at radius 3 is 2.36 bits per heavy atom. The van der Waals surface area contributed by atoms with Crippen molar-refractivity contribution in [2.75, 3.05) is 34.5 Å². The van der Waals surface area contributed by atoms with Gasteiger partial charge in [0.1, 0.15) is 5.69 Å². The summed E-state index contributed by atoms with van der Waals surface area (Å²) in [6.45, 7) is 0.578. The first-order valence-electron chi connectivity index (χ1n) is 9.80. The van der Waals surface area contributed by atoms with E-state index in [4.69, 9.17) is 24.1 Å². The van der Waals surface area contributed by atoms with Crippen LogP contribution in [-0.2, 0) is 20.9 Å². The number of ether oxygens (including phenoxy) is 4. The van der Waals surface area contributed by atoms with E-state index in [2.05, 4.69) is 15.6 Å². The van der Waals surface area contributed by atoms with E-state index in [0.717, 1.165) is 5.56 Å². The van der Waals surface area contributed by atoms with E-state index in [1.54, 1.807) is 23.0 Å². The monoisotopic (exact) mass is 460 g/mol. The highest BCUT2D eigenvalue weighted by Gasteiger charge is 2.23. The lowest BCUT2D eigenvalue weighted by Gasteiger charge is -2.18. The Labute approximate surface area is 189 Å². The number of nitrogens with zero attached hydrogens (tertiary/aromatic N) is 3. The van der Waals surface area contributed by atoms with Gasteiger partial charge in [0.05, 0.1) is 64.1 Å². The number of hydrogen-bond donors (Lipinski definition) is 3. The molecule has 176 valence electrons. The van der Waals surface area contributed by atoms with Crippen molar-refractivity contribution >= 4 is 11.9 Å². The Morgan fingerprint density at radius 1 is 1.09 bits per heavy atom. The fourth-order valence-electron chi connectivity index (χ4n) is 3.18. The fraction of sp³-hybridized carbons (Fsp3) is 0.333. The van der Waals surface area contributed by atoms with Gasteiger partial charge in [0.25, 0.3) is 0 Å². The van der Waals surface area contributed by atoms with Crippen molar-refractivity contribution in [2.24, 2.45) is 0 Å². The predicted molar refractivity (Wildman–Crippen MR) is 114 cm³/mol. The lowest BCUT2D eigenvalue weighted by molar-refractivity contribution is -0.133. The van der Waals surface area contributed by atoms with Gasteiger partial charge in [-0.05, 0) is 12.1 Å². The van der Waals surface area contributed by atoms with Gasteiger partial charge in [-0.2, -0.15) is 0 Å². The maximum absolute atomic E-state index is 11.4. The van der Waals surface area contributed by atoms with Gasteiger partial charge in [-0.15, -0.1) is 5.10 Å². The molecule has 3 rings (SSSR count). The highest BCUT2D eigenvalue weighted by Crippen LogP contribution is 2.40. The molecule has 2 heterocycles. The van der Waals surface area contributed by atoms with Gasteiger partial charge in [-0.25, -0.2) is 14.3 Å². The lowest BCUT2D eigenvalue weighted by atomic mass is 10.0. The highest BCUT2D eigenvalue weighted by molar-refractivity contribution is 5.94. The second-order valence-electron chi connectivity index (χ2n) is 6.89. The van der Waals surface area contributed by atoms with Gasteiger partial charge < -0.3 is 34.5 Å². The summed E-state index contributed by atoms with van der Waals surface area (Å²) in [4.78, 5) is 22.5. The topological polar surface area (TPSA) is 154 Å². The third-order valence-electron chi connectivity index (χ3n) is 4.90. The SMILES string of the molecule is COc1cc(-c2cn(CCOCC3=C(C(=O)O)CC(C(=O)O)=CN3)nn2)cc(OC)c1OC. The predicted octanol–water partition coefficient (Wildman–Crippen LogP) is 1.29. The Kier molecular flexibility index (Phi) is 7.51. The van der Waals surface area contributed by atoms with Crippen LogP contribution >= 0.6 is 0 Å². The van der Waals surface area contributed by atoms with Gasteiger partial charge >= 0.3 is 11.9 Å². The number of nitrogens with one attached hydrogen (secondary N) is 1. The van der Waals surface area contributed by atoms with Crippen molar-refractivity contribution in [3.8, 4) is 28.5 Å². The van der Waals surface area contributed by atoms with E-state index in [9.17, 15) is 14.7 Å². The molecule has 2 aromatic rings. The molecule has 0 bridgehead atoms. The van der Waals surface area contributed by atoms with E-state index in [0.29, 0.717) is 35.2 Å². The zero-order valence-corrected chi connectivity index (χ0v) is 18.3. The number of carbonyl (C=O) groups is 2. The standard InChI is InChI=1S/C21H24N4O8/c1-30-17-7-12(8-18(31-2)19(17)32-3)15-10-25(24-23-15)4-5-33-11-16-14(21(28)29)6-13(9-22-16)20(26)27/h7-10,22H,4-6,11H2,1-3H3,(H,26,27)(H,28,29). The number of hydrogen-bond acceptors (Lipinski definition) is 9. The summed E-state index contributed by atoms with van der Waals surface area (Å²) in [5.41, 5.74) is 1.55. The number of aromatic nitrogens is 3. The molecule has 1 aliphatic heterocycles. The van der Waals surface area contributed by atoms with Crippen LogP contribution in [0.4, 0.5) is 0 Å². The molecule has 0 saturated heterocycles. The number of rotatable bonds is 11. The molecular weight excluding hydrogens is 436 g/mol. The molecule has 0 radical (unpaired) electrons. The molecule has 12 heteroatoms. The van der Waals surface area contributed by atoms with Crippen LogP contribution < -0.4 is 19.5 Å². The van der Waals surface area contributed by atoms with Crippen molar-refractivity contribution in [3.05, 3.63) is 41.4 Å². The summed E-state index contributed by atoms with van der Waals surface area (Å²) < 4.78 is 23.2. The smallest absolute Gasteiger partial charge is 0.333 e. The molecule has 3 N–H and O–H groups in total. The summed E-state index contributed by atoms with van der Waals surface area (Å²) in [5.74, 6) is -0.907. The summed E-state index contributed by atoms with van der Waals surface area (Å²) in [6, 6.07) is 3.53. The van der Waals surface area contributed by atoms with E-state index in [1.807, 2.05) is 0 Å². The molecule has 1 aliphatic rings. The van der Waals surface area contributed by atoms with Crippen LogP contribution in [0.1, 0.15) is 6.42 Å². The summed E-state index contributed by atoms with van der Waals surface area (Å²) in [6.07, 6.45) is 2.82. The molecule has 12 nitrogen and oxygen atoms in total. The average molecular weight is 460 g/mol. The van der Waals surface area contributed by atoms with Crippen LogP contribution in [0.2, 0.25) is 0 Å². The minimum absolute atomic E-state index is 0.0144. The molecule has 0 amide bonds. The van der Waals surface area contributed by atoms with E-state index in [1.165, 1.54) is 27.5 Å². The number of aliphatic carboxylic acids is 2. The normalized spacial score (nSPS) is 13.2. The van der Waals surface area contributed by atoms with Crippen molar-refractivity contribution in [2.45, 2.75) is 13.0 Å². The second kappa shape index (κ2) is 10.5. The van der Waals surface area contributed by atoms with Crippen molar-refractivity contribution in [3.63, 3.8) is 0 Å². The van der Waals surface area contributed by atoms with Crippen molar-refractivity contribution in [1.29, 1.82) is 0 Å². The van der Waals surface area contributed by atoms with Crippen LogP contribution in [0.15, 0.2) is 41.4 Å². The number of carboxylic acid groups (broad SMARTS) is 2. The van der Waals surface area contributed by atoms with Crippen molar-refractivity contribution in [1.82, 2.24) is 20.3 Å². The van der Waals surface area contributed by atoms with Gasteiger partial charge in [-0.3, -0.25) is 0 Å². The minimum atomic E-state index is -1.20. The molecule has 33 heavy (non-hydrogen) atoms. The zero-order valence-electron chi connectivity index (χ0n) is 18.3. The van der Waals surface area contributed by atoms with E-state index >= 15 is 0 Å². The third kappa shape index (κ3) is 5.41. The van der Waals surface area contributed by atoms with Gasteiger partial charge in [-0.1, -0.05) is 5.21 Å². The van der Waals surface area contributed by atoms with Crippen molar-refractivity contribution < 1.29 is 38.7 Å². The Balaban J connectivity index is 1.62. The van der Waals surface area contributed by atoms with Crippen LogP contribution in [0.5, 0.6) is 17.2 Å². The fourth-order valence-corrected chi connectivity index (χ4v) is 3.18. The third-order valence-corrected chi connectivity index (χ3v) is 4.90. The Morgan fingerprint density at radius 2 is 1.79 bits per heavy atom. The van der Waals surface area contributed by atoms with Gasteiger partial charge in [0.2, 0.25) is 5.75 Å².